The van der Waals surface area contributed by atoms with E-state index >= 15 is 0 Å². The molecule has 18 heavy (non-hydrogen) atoms. The van der Waals surface area contributed by atoms with Crippen LogP contribution in [0.4, 0.5) is 0 Å². The third-order valence-electron chi connectivity index (χ3n) is 2.07. The summed E-state index contributed by atoms with van der Waals surface area (Å²) >= 11 is 0. The fourth-order valence-electron chi connectivity index (χ4n) is 1.27. The number of pyridine rings is 1. The van der Waals surface area contributed by atoms with Gasteiger partial charge in [0.05, 0.1) is 18.7 Å². The zero-order chi connectivity index (χ0) is 13.2. The molecule has 0 radical (unpaired) electrons. The van der Waals surface area contributed by atoms with Crippen LogP contribution in [-0.2, 0) is 4.74 Å². The largest absolute Gasteiger partial charge is 0.380 e. The van der Waals surface area contributed by atoms with Crippen molar-refractivity contribution in [2.75, 3.05) is 26.3 Å². The van der Waals surface area contributed by atoms with Crippen molar-refractivity contribution in [2.24, 2.45) is 5.73 Å². The Hall–Kier alpha value is -1.90. The van der Waals surface area contributed by atoms with Gasteiger partial charge in [0, 0.05) is 31.1 Å². The Labute approximate surface area is 107 Å². The lowest BCUT2D eigenvalue weighted by Crippen LogP contribution is -2.27. The van der Waals surface area contributed by atoms with Crippen LogP contribution in [0, 0.1) is 11.8 Å². The molecule has 1 aromatic heterocycles. The molecule has 1 rings (SSSR count). The van der Waals surface area contributed by atoms with E-state index in [1.807, 2.05) is 6.92 Å². The molecule has 0 spiro atoms. The Morgan fingerprint density at radius 1 is 1.56 bits per heavy atom. The predicted molar refractivity (Wildman–Crippen MR) is 69.0 cm³/mol. The van der Waals surface area contributed by atoms with Gasteiger partial charge in [-0.15, -0.1) is 0 Å². The maximum absolute atomic E-state index is 11.8. The summed E-state index contributed by atoms with van der Waals surface area (Å²) in [4.78, 5) is 15.7. The summed E-state index contributed by atoms with van der Waals surface area (Å²) in [6, 6.07) is 1.69. The molecule has 5 heteroatoms. The highest BCUT2D eigenvalue weighted by Gasteiger charge is 2.05. The molecule has 0 fully saturated rings. The first-order chi connectivity index (χ1) is 8.77. The van der Waals surface area contributed by atoms with Crippen LogP contribution in [-0.4, -0.2) is 37.2 Å². The highest BCUT2D eigenvalue weighted by Crippen LogP contribution is 2.01. The summed E-state index contributed by atoms with van der Waals surface area (Å²) < 4.78 is 5.13. The summed E-state index contributed by atoms with van der Waals surface area (Å²) in [5, 5.41) is 2.74. The van der Waals surface area contributed by atoms with Crippen LogP contribution in [0.25, 0.3) is 0 Å². The molecule has 1 aromatic rings. The van der Waals surface area contributed by atoms with Crippen LogP contribution in [0.1, 0.15) is 22.8 Å². The van der Waals surface area contributed by atoms with E-state index in [0.717, 1.165) is 0 Å². The second-order valence-corrected chi connectivity index (χ2v) is 3.42. The van der Waals surface area contributed by atoms with Gasteiger partial charge in [0.15, 0.2) is 0 Å². The molecule has 1 amide bonds. The molecule has 5 nitrogen and oxygen atoms in total. The first-order valence-electron chi connectivity index (χ1n) is 5.78. The minimum absolute atomic E-state index is 0.182. The summed E-state index contributed by atoms with van der Waals surface area (Å²) in [6.45, 7) is 3.81. The van der Waals surface area contributed by atoms with Crippen molar-refractivity contribution in [1.82, 2.24) is 10.3 Å². The summed E-state index contributed by atoms with van der Waals surface area (Å²) in [5.74, 6) is 5.37. The van der Waals surface area contributed by atoms with Crippen molar-refractivity contribution in [3.8, 4) is 11.8 Å². The molecule has 1 heterocycles. The van der Waals surface area contributed by atoms with Gasteiger partial charge in [-0.2, -0.15) is 0 Å². The number of amides is 1. The Bertz CT molecular complexity index is 449. The maximum Gasteiger partial charge on any atom is 0.252 e. The number of carbonyl (C=O) groups is 1. The second kappa shape index (κ2) is 8.23. The SMILES string of the molecule is CCOCCNC(=O)c1cncc(C#CCN)c1. The number of hydrogen-bond acceptors (Lipinski definition) is 4. The van der Waals surface area contributed by atoms with Crippen LogP contribution in [0.2, 0.25) is 0 Å². The average molecular weight is 247 g/mol. The van der Waals surface area contributed by atoms with Crippen LogP contribution < -0.4 is 11.1 Å². The maximum atomic E-state index is 11.8. The molecule has 0 saturated carbocycles. The number of hydrogen-bond donors (Lipinski definition) is 2. The second-order valence-electron chi connectivity index (χ2n) is 3.42. The lowest BCUT2D eigenvalue weighted by Gasteiger charge is -2.05. The van der Waals surface area contributed by atoms with Gasteiger partial charge in [-0.05, 0) is 13.0 Å². The van der Waals surface area contributed by atoms with Crippen molar-refractivity contribution >= 4 is 5.91 Å². The third-order valence-corrected chi connectivity index (χ3v) is 2.07. The van der Waals surface area contributed by atoms with Gasteiger partial charge in [-0.1, -0.05) is 11.8 Å². The zero-order valence-electron chi connectivity index (χ0n) is 10.4. The lowest BCUT2D eigenvalue weighted by molar-refractivity contribution is 0.0922. The van der Waals surface area contributed by atoms with Crippen molar-refractivity contribution < 1.29 is 9.53 Å². The standard InChI is InChI=1S/C13H17N3O2/c1-2-18-7-6-16-13(17)12-8-11(4-3-5-14)9-15-10-12/h8-10H,2,5-7,14H2,1H3,(H,16,17). The van der Waals surface area contributed by atoms with E-state index in [9.17, 15) is 4.79 Å². The zero-order valence-corrected chi connectivity index (χ0v) is 10.4. The van der Waals surface area contributed by atoms with E-state index in [4.69, 9.17) is 10.5 Å². The average Bonchev–Trinajstić information content (AvgIpc) is 2.41. The van der Waals surface area contributed by atoms with Crippen molar-refractivity contribution in [1.29, 1.82) is 0 Å². The molecule has 0 aliphatic heterocycles. The summed E-state index contributed by atoms with van der Waals surface area (Å²) in [7, 11) is 0. The topological polar surface area (TPSA) is 77.2 Å². The minimum Gasteiger partial charge on any atom is -0.380 e. The number of carbonyl (C=O) groups excluding carboxylic acids is 1. The van der Waals surface area contributed by atoms with Gasteiger partial charge in [-0.3, -0.25) is 9.78 Å². The summed E-state index contributed by atoms with van der Waals surface area (Å²) in [6.07, 6.45) is 3.10. The van der Waals surface area contributed by atoms with Crippen LogP contribution in [0.3, 0.4) is 0 Å². The molecule has 0 aromatic carbocycles. The quantitative estimate of drug-likeness (QED) is 0.574. The Morgan fingerprint density at radius 2 is 2.39 bits per heavy atom. The smallest absolute Gasteiger partial charge is 0.252 e. The van der Waals surface area contributed by atoms with Crippen molar-refractivity contribution in [2.45, 2.75) is 6.92 Å². The van der Waals surface area contributed by atoms with E-state index in [-0.39, 0.29) is 12.5 Å². The number of nitrogens with zero attached hydrogens (tertiary/aromatic N) is 1. The first-order valence-corrected chi connectivity index (χ1v) is 5.78. The molecule has 0 atom stereocenters. The molecule has 0 aliphatic carbocycles. The fourth-order valence-corrected chi connectivity index (χ4v) is 1.27. The van der Waals surface area contributed by atoms with Crippen LogP contribution in [0.5, 0.6) is 0 Å². The number of nitrogens with two attached hydrogens (primary N) is 1. The Kier molecular flexibility index (Phi) is 6.47. The lowest BCUT2D eigenvalue weighted by atomic mass is 10.2. The molecule has 0 unspecified atom stereocenters. The van der Waals surface area contributed by atoms with E-state index in [1.54, 1.807) is 12.3 Å². The molecule has 3 N–H and O–H groups in total. The van der Waals surface area contributed by atoms with E-state index in [1.165, 1.54) is 6.20 Å². The van der Waals surface area contributed by atoms with Gasteiger partial charge in [0.2, 0.25) is 0 Å². The molecule has 0 bridgehead atoms. The van der Waals surface area contributed by atoms with Gasteiger partial charge < -0.3 is 15.8 Å². The van der Waals surface area contributed by atoms with Gasteiger partial charge in [0.25, 0.3) is 5.91 Å². The highest BCUT2D eigenvalue weighted by atomic mass is 16.5. The number of nitrogens with one attached hydrogen (secondary N) is 1. The van der Waals surface area contributed by atoms with Gasteiger partial charge in [-0.25, -0.2) is 0 Å². The molecular weight excluding hydrogens is 230 g/mol. The van der Waals surface area contributed by atoms with E-state index in [0.29, 0.717) is 30.9 Å². The molecule has 0 saturated heterocycles. The van der Waals surface area contributed by atoms with E-state index < -0.39 is 0 Å². The summed E-state index contributed by atoms with van der Waals surface area (Å²) in [5.41, 5.74) is 6.44. The molecular formula is C13H17N3O2. The Morgan fingerprint density at radius 3 is 3.11 bits per heavy atom. The molecule has 96 valence electrons. The third kappa shape index (κ3) is 4.95. The highest BCUT2D eigenvalue weighted by molar-refractivity contribution is 5.94. The number of aromatic nitrogens is 1. The van der Waals surface area contributed by atoms with Crippen molar-refractivity contribution in [3.05, 3.63) is 29.6 Å². The fraction of sp³-hybridized carbons (Fsp3) is 0.385. The van der Waals surface area contributed by atoms with Crippen molar-refractivity contribution in [3.63, 3.8) is 0 Å². The van der Waals surface area contributed by atoms with Crippen LogP contribution in [0.15, 0.2) is 18.5 Å². The van der Waals surface area contributed by atoms with Gasteiger partial charge in [0.1, 0.15) is 0 Å². The van der Waals surface area contributed by atoms with Gasteiger partial charge >= 0.3 is 0 Å². The molecule has 0 aliphatic rings. The Balaban J connectivity index is 2.57. The monoisotopic (exact) mass is 247 g/mol. The van der Waals surface area contributed by atoms with E-state index in [2.05, 4.69) is 22.1 Å². The predicted octanol–water partition coefficient (Wildman–Crippen LogP) is 0.158. The minimum atomic E-state index is -0.182. The van der Waals surface area contributed by atoms with Crippen LogP contribution >= 0.6 is 0 Å². The normalized spacial score (nSPS) is 9.44. The number of rotatable bonds is 5. The number of ether oxygens (including phenoxy) is 1. The first kappa shape index (κ1) is 14.2.